The van der Waals surface area contributed by atoms with Gasteiger partial charge in [-0.1, -0.05) is 38.4 Å². The third kappa shape index (κ3) is 5.61. The molecule has 1 aliphatic rings. The summed E-state index contributed by atoms with van der Waals surface area (Å²) in [6.45, 7) is 8.54. The maximum Gasteiger partial charge on any atom is 0.226 e. The first-order valence-corrected chi connectivity index (χ1v) is 8.86. The predicted molar refractivity (Wildman–Crippen MR) is 100 cm³/mol. The maximum atomic E-state index is 12.2. The van der Waals surface area contributed by atoms with Crippen LogP contribution in [0.1, 0.15) is 27.2 Å². The van der Waals surface area contributed by atoms with E-state index in [2.05, 4.69) is 15.5 Å². The summed E-state index contributed by atoms with van der Waals surface area (Å²) in [5.74, 6) is -0.233. The first-order valence-electron chi connectivity index (χ1n) is 8.48. The van der Waals surface area contributed by atoms with Crippen LogP contribution in [0.25, 0.3) is 0 Å². The second-order valence-electron chi connectivity index (χ2n) is 7.04. The summed E-state index contributed by atoms with van der Waals surface area (Å²) in [5, 5.41) is 6.28. The standard InChI is InChI=1S/C18H26ClN3O3/c1-18(2,3)17(24)20-8-7-15(23)21-14-6-4-5-13(19)16(14)22-9-11-25-12-10-22/h4-6H,7-12H2,1-3H3,(H,20,24)(H,21,23). The number of carbonyl (C=O) groups excluding carboxylic acids is 2. The molecule has 2 N–H and O–H groups in total. The van der Waals surface area contributed by atoms with Gasteiger partial charge in [0.25, 0.3) is 0 Å². The fraction of sp³-hybridized carbons (Fsp3) is 0.556. The molecule has 6 nitrogen and oxygen atoms in total. The van der Waals surface area contributed by atoms with Crippen LogP contribution in [0.3, 0.4) is 0 Å². The van der Waals surface area contributed by atoms with Gasteiger partial charge in [-0.15, -0.1) is 0 Å². The number of amides is 2. The Balaban J connectivity index is 1.96. The van der Waals surface area contributed by atoms with E-state index >= 15 is 0 Å². The average Bonchev–Trinajstić information content (AvgIpc) is 2.55. The first kappa shape index (κ1) is 19.5. The highest BCUT2D eigenvalue weighted by Gasteiger charge is 2.21. The zero-order valence-electron chi connectivity index (χ0n) is 15.0. The van der Waals surface area contributed by atoms with Crippen LogP contribution < -0.4 is 15.5 Å². The molecule has 1 aromatic carbocycles. The zero-order valence-corrected chi connectivity index (χ0v) is 15.8. The first-order chi connectivity index (χ1) is 11.8. The van der Waals surface area contributed by atoms with Crippen LogP contribution in [0.2, 0.25) is 5.02 Å². The van der Waals surface area contributed by atoms with Gasteiger partial charge in [0, 0.05) is 31.5 Å². The third-order valence-corrected chi connectivity index (χ3v) is 4.21. The minimum Gasteiger partial charge on any atom is -0.378 e. The number of benzene rings is 1. The Bertz CT molecular complexity index is 622. The summed E-state index contributed by atoms with van der Waals surface area (Å²) < 4.78 is 5.37. The zero-order chi connectivity index (χ0) is 18.4. The number of ether oxygens (including phenoxy) is 1. The smallest absolute Gasteiger partial charge is 0.226 e. The summed E-state index contributed by atoms with van der Waals surface area (Å²) in [7, 11) is 0. The molecule has 1 saturated heterocycles. The number of nitrogens with zero attached hydrogens (tertiary/aromatic N) is 1. The van der Waals surface area contributed by atoms with E-state index in [-0.39, 0.29) is 18.2 Å². The van der Waals surface area contributed by atoms with E-state index in [1.165, 1.54) is 0 Å². The summed E-state index contributed by atoms with van der Waals surface area (Å²) in [5.41, 5.74) is 1.04. The second kappa shape index (κ2) is 8.54. The van der Waals surface area contributed by atoms with Gasteiger partial charge < -0.3 is 20.3 Å². The summed E-state index contributed by atoms with van der Waals surface area (Å²) in [4.78, 5) is 26.2. The highest BCUT2D eigenvalue weighted by molar-refractivity contribution is 6.34. The van der Waals surface area contributed by atoms with Gasteiger partial charge in [0.05, 0.1) is 29.6 Å². The number of rotatable bonds is 5. The van der Waals surface area contributed by atoms with Gasteiger partial charge in [-0.3, -0.25) is 9.59 Å². The van der Waals surface area contributed by atoms with E-state index in [0.29, 0.717) is 30.5 Å². The fourth-order valence-corrected chi connectivity index (χ4v) is 2.79. The number of nitrogens with one attached hydrogen (secondary N) is 2. The molecule has 1 fully saturated rings. The molecule has 0 bridgehead atoms. The van der Waals surface area contributed by atoms with Crippen molar-refractivity contribution in [2.75, 3.05) is 43.1 Å². The number of carbonyl (C=O) groups is 2. The molecular weight excluding hydrogens is 342 g/mol. The van der Waals surface area contributed by atoms with Crippen LogP contribution in [-0.4, -0.2) is 44.7 Å². The van der Waals surface area contributed by atoms with Crippen LogP contribution >= 0.6 is 11.6 Å². The highest BCUT2D eigenvalue weighted by atomic mass is 35.5. The molecule has 138 valence electrons. The van der Waals surface area contributed by atoms with Crippen molar-refractivity contribution in [2.24, 2.45) is 5.41 Å². The number of anilines is 2. The van der Waals surface area contributed by atoms with E-state index < -0.39 is 5.41 Å². The van der Waals surface area contributed by atoms with Gasteiger partial charge >= 0.3 is 0 Å². The quantitative estimate of drug-likeness (QED) is 0.839. The molecule has 2 rings (SSSR count). The monoisotopic (exact) mass is 367 g/mol. The van der Waals surface area contributed by atoms with Crippen LogP contribution in [0, 0.1) is 5.41 Å². The Morgan fingerprint density at radius 3 is 2.56 bits per heavy atom. The Morgan fingerprint density at radius 2 is 1.92 bits per heavy atom. The minimum atomic E-state index is -0.465. The van der Waals surface area contributed by atoms with Gasteiger partial charge in [0.15, 0.2) is 0 Å². The van der Waals surface area contributed by atoms with E-state index in [9.17, 15) is 9.59 Å². The molecule has 0 saturated carbocycles. The Hall–Kier alpha value is -1.79. The lowest BCUT2D eigenvalue weighted by Crippen LogP contribution is -2.37. The van der Waals surface area contributed by atoms with E-state index in [4.69, 9.17) is 16.3 Å². The molecule has 25 heavy (non-hydrogen) atoms. The van der Waals surface area contributed by atoms with Gasteiger partial charge in [0.1, 0.15) is 0 Å². The van der Waals surface area contributed by atoms with Gasteiger partial charge in [-0.25, -0.2) is 0 Å². The lowest BCUT2D eigenvalue weighted by Gasteiger charge is -2.31. The molecule has 0 radical (unpaired) electrons. The predicted octanol–water partition coefficient (Wildman–Crippen LogP) is 2.67. The molecular formula is C18H26ClN3O3. The van der Waals surface area contributed by atoms with Crippen LogP contribution in [0.4, 0.5) is 11.4 Å². The third-order valence-electron chi connectivity index (χ3n) is 3.91. The normalized spacial score (nSPS) is 15.0. The Morgan fingerprint density at radius 1 is 1.24 bits per heavy atom. The van der Waals surface area contributed by atoms with E-state index in [0.717, 1.165) is 18.8 Å². The lowest BCUT2D eigenvalue weighted by atomic mass is 9.96. The van der Waals surface area contributed by atoms with Crippen molar-refractivity contribution in [2.45, 2.75) is 27.2 Å². The lowest BCUT2D eigenvalue weighted by molar-refractivity contribution is -0.128. The fourth-order valence-electron chi connectivity index (χ4n) is 2.49. The minimum absolute atomic E-state index is 0.0722. The van der Waals surface area contributed by atoms with Crippen LogP contribution in [-0.2, 0) is 14.3 Å². The molecule has 0 unspecified atom stereocenters. The topological polar surface area (TPSA) is 70.7 Å². The summed E-state index contributed by atoms with van der Waals surface area (Å²) in [6, 6.07) is 5.46. The molecule has 0 spiro atoms. The number of hydrogen-bond donors (Lipinski definition) is 2. The average molecular weight is 368 g/mol. The van der Waals surface area contributed by atoms with E-state index in [1.54, 1.807) is 0 Å². The molecule has 1 heterocycles. The second-order valence-corrected chi connectivity index (χ2v) is 7.45. The van der Waals surface area contributed by atoms with Crippen molar-refractivity contribution >= 4 is 34.8 Å². The molecule has 0 atom stereocenters. The largest absolute Gasteiger partial charge is 0.378 e. The van der Waals surface area contributed by atoms with Crippen molar-refractivity contribution in [3.05, 3.63) is 23.2 Å². The number of hydrogen-bond acceptors (Lipinski definition) is 4. The Labute approximate surface area is 153 Å². The Kier molecular flexibility index (Phi) is 6.67. The molecule has 7 heteroatoms. The van der Waals surface area contributed by atoms with Crippen molar-refractivity contribution < 1.29 is 14.3 Å². The van der Waals surface area contributed by atoms with Crippen molar-refractivity contribution in [3.8, 4) is 0 Å². The molecule has 2 amide bonds. The van der Waals surface area contributed by atoms with Gasteiger partial charge in [-0.2, -0.15) is 0 Å². The number of para-hydroxylation sites is 1. The molecule has 0 aliphatic carbocycles. The molecule has 0 aromatic heterocycles. The van der Waals surface area contributed by atoms with E-state index in [1.807, 2.05) is 39.0 Å². The molecule has 1 aromatic rings. The number of morpholine rings is 1. The van der Waals surface area contributed by atoms with Crippen LogP contribution in [0.15, 0.2) is 18.2 Å². The molecule has 1 aliphatic heterocycles. The van der Waals surface area contributed by atoms with Gasteiger partial charge in [0.2, 0.25) is 11.8 Å². The van der Waals surface area contributed by atoms with Crippen molar-refractivity contribution in [1.29, 1.82) is 0 Å². The van der Waals surface area contributed by atoms with Crippen molar-refractivity contribution in [1.82, 2.24) is 5.32 Å². The van der Waals surface area contributed by atoms with Gasteiger partial charge in [-0.05, 0) is 12.1 Å². The van der Waals surface area contributed by atoms with Crippen molar-refractivity contribution in [3.63, 3.8) is 0 Å². The maximum absolute atomic E-state index is 12.2. The highest BCUT2D eigenvalue weighted by Crippen LogP contribution is 2.34. The van der Waals surface area contributed by atoms with Crippen LogP contribution in [0.5, 0.6) is 0 Å². The SMILES string of the molecule is CC(C)(C)C(=O)NCCC(=O)Nc1cccc(Cl)c1N1CCOCC1. The number of halogens is 1. The summed E-state index contributed by atoms with van der Waals surface area (Å²) >= 11 is 6.35. The summed E-state index contributed by atoms with van der Waals surface area (Å²) in [6.07, 6.45) is 0.205.